The van der Waals surface area contributed by atoms with Crippen LogP contribution in [0.15, 0.2) is 22.7 Å². The molecule has 0 heterocycles. The van der Waals surface area contributed by atoms with Crippen LogP contribution in [0.1, 0.15) is 24.8 Å². The lowest BCUT2D eigenvalue weighted by Gasteiger charge is -2.08. The average molecular weight is 365 g/mol. The van der Waals surface area contributed by atoms with Crippen LogP contribution in [-0.4, -0.2) is 19.0 Å². The molecule has 1 N–H and O–H groups in total. The van der Waals surface area contributed by atoms with Crippen LogP contribution in [0.3, 0.4) is 0 Å². The van der Waals surface area contributed by atoms with E-state index in [2.05, 4.69) is 43.2 Å². The summed E-state index contributed by atoms with van der Waals surface area (Å²) >= 11 is 6.99. The van der Waals surface area contributed by atoms with Gasteiger partial charge in [-0.25, -0.2) is 0 Å². The number of methoxy groups -OCH3 is 1. The molecule has 0 aliphatic rings. The van der Waals surface area contributed by atoms with Crippen LogP contribution in [0.4, 0.5) is 0 Å². The first kappa shape index (κ1) is 15.0. The van der Waals surface area contributed by atoms with Crippen LogP contribution < -0.4 is 10.1 Å². The first-order valence-corrected chi connectivity index (χ1v) is 7.78. The van der Waals surface area contributed by atoms with Crippen LogP contribution in [0.2, 0.25) is 0 Å². The van der Waals surface area contributed by atoms with Crippen LogP contribution in [0.25, 0.3) is 0 Å². The Morgan fingerprint density at radius 2 is 2.06 bits per heavy atom. The molecule has 0 fully saturated rings. The molecule has 0 amide bonds. The van der Waals surface area contributed by atoms with Gasteiger partial charge in [-0.1, -0.05) is 38.3 Å². The Balaban J connectivity index is 2.30. The number of alkyl halides is 1. The van der Waals surface area contributed by atoms with E-state index in [1.54, 1.807) is 7.11 Å². The van der Waals surface area contributed by atoms with Gasteiger partial charge in [0.05, 0.1) is 7.11 Å². The highest BCUT2D eigenvalue weighted by Crippen LogP contribution is 2.22. The maximum absolute atomic E-state index is 5.22. The maximum Gasteiger partial charge on any atom is 0.119 e. The highest BCUT2D eigenvalue weighted by Gasteiger charge is 2.01. The number of unbranched alkanes of at least 4 members (excludes halogenated alkanes) is 2. The second-order valence-electron chi connectivity index (χ2n) is 3.88. The predicted octanol–water partition coefficient (Wildman–Crippen LogP) is 4.11. The predicted molar refractivity (Wildman–Crippen MR) is 80.0 cm³/mol. The van der Waals surface area contributed by atoms with Gasteiger partial charge in [0, 0.05) is 16.3 Å². The molecule has 0 radical (unpaired) electrons. The molecule has 0 atom stereocenters. The van der Waals surface area contributed by atoms with Gasteiger partial charge >= 0.3 is 0 Å². The Kier molecular flexibility index (Phi) is 7.90. The summed E-state index contributed by atoms with van der Waals surface area (Å²) in [6.45, 7) is 1.95. The normalized spacial score (nSPS) is 10.5. The minimum Gasteiger partial charge on any atom is -0.497 e. The van der Waals surface area contributed by atoms with Gasteiger partial charge in [0.1, 0.15) is 5.75 Å². The maximum atomic E-state index is 5.22. The number of nitrogens with one attached hydrogen (secondary N) is 1. The highest BCUT2D eigenvalue weighted by molar-refractivity contribution is 9.10. The molecular weight excluding hydrogens is 346 g/mol. The summed E-state index contributed by atoms with van der Waals surface area (Å²) in [6.07, 6.45) is 3.76. The Morgan fingerprint density at radius 1 is 1.24 bits per heavy atom. The Bertz CT molecular complexity index is 331. The summed E-state index contributed by atoms with van der Waals surface area (Å²) in [6, 6.07) is 6.06. The van der Waals surface area contributed by atoms with Crippen molar-refractivity contribution >= 4 is 31.9 Å². The van der Waals surface area contributed by atoms with Gasteiger partial charge in [0.2, 0.25) is 0 Å². The molecule has 0 bridgehead atoms. The monoisotopic (exact) mass is 363 g/mol. The van der Waals surface area contributed by atoms with Crippen molar-refractivity contribution in [1.29, 1.82) is 0 Å². The molecule has 0 aliphatic heterocycles. The molecule has 1 rings (SSSR count). The van der Waals surface area contributed by atoms with Gasteiger partial charge in [-0.15, -0.1) is 0 Å². The van der Waals surface area contributed by atoms with Gasteiger partial charge in [-0.05, 0) is 43.1 Å². The van der Waals surface area contributed by atoms with Crippen molar-refractivity contribution < 1.29 is 4.74 Å². The first-order valence-electron chi connectivity index (χ1n) is 5.87. The fraction of sp³-hybridized carbons (Fsp3) is 0.538. The van der Waals surface area contributed by atoms with Gasteiger partial charge in [-0.2, -0.15) is 0 Å². The molecular formula is C13H19Br2NO. The third kappa shape index (κ3) is 5.89. The lowest BCUT2D eigenvalue weighted by Crippen LogP contribution is -2.15. The number of hydrogen-bond donors (Lipinski definition) is 1. The fourth-order valence-corrected chi connectivity index (χ4v) is 2.34. The molecule has 0 saturated heterocycles. The van der Waals surface area contributed by atoms with Gasteiger partial charge < -0.3 is 10.1 Å². The highest BCUT2D eigenvalue weighted by atomic mass is 79.9. The Morgan fingerprint density at radius 3 is 2.76 bits per heavy atom. The lowest BCUT2D eigenvalue weighted by atomic mass is 10.2. The van der Waals surface area contributed by atoms with Crippen LogP contribution in [0, 0.1) is 0 Å². The summed E-state index contributed by atoms with van der Waals surface area (Å²) < 4.78 is 6.35. The molecule has 1 aromatic carbocycles. The second kappa shape index (κ2) is 8.95. The zero-order chi connectivity index (χ0) is 12.5. The topological polar surface area (TPSA) is 21.3 Å². The smallest absolute Gasteiger partial charge is 0.119 e. The summed E-state index contributed by atoms with van der Waals surface area (Å²) in [5.74, 6) is 0.907. The molecule has 0 unspecified atom stereocenters. The third-order valence-corrected chi connectivity index (χ3v) is 3.89. The second-order valence-corrected chi connectivity index (χ2v) is 5.53. The van der Waals surface area contributed by atoms with Crippen LogP contribution >= 0.6 is 31.9 Å². The number of benzene rings is 1. The van der Waals surface area contributed by atoms with Gasteiger partial charge in [0.25, 0.3) is 0 Å². The zero-order valence-corrected chi connectivity index (χ0v) is 13.3. The zero-order valence-electron chi connectivity index (χ0n) is 10.1. The van der Waals surface area contributed by atoms with E-state index in [-0.39, 0.29) is 0 Å². The Labute approximate surface area is 120 Å². The fourth-order valence-electron chi connectivity index (χ4n) is 1.56. The number of halogens is 2. The van der Waals surface area contributed by atoms with Crippen molar-refractivity contribution in [1.82, 2.24) is 5.32 Å². The van der Waals surface area contributed by atoms with Crippen molar-refractivity contribution in [3.63, 3.8) is 0 Å². The molecule has 0 saturated carbocycles. The van der Waals surface area contributed by atoms with Crippen molar-refractivity contribution in [3.8, 4) is 5.75 Å². The first-order chi connectivity index (χ1) is 8.27. The summed E-state index contributed by atoms with van der Waals surface area (Å²) in [5.41, 5.74) is 1.24. The molecule has 2 nitrogen and oxygen atoms in total. The number of ether oxygens (including phenoxy) is 1. The number of rotatable bonds is 8. The minimum atomic E-state index is 0.881. The van der Waals surface area contributed by atoms with E-state index >= 15 is 0 Å². The van der Waals surface area contributed by atoms with E-state index in [4.69, 9.17) is 4.74 Å². The van der Waals surface area contributed by atoms with Crippen molar-refractivity contribution in [2.45, 2.75) is 25.8 Å². The molecule has 0 spiro atoms. The van der Waals surface area contributed by atoms with Gasteiger partial charge in [-0.3, -0.25) is 0 Å². The summed E-state index contributed by atoms with van der Waals surface area (Å²) in [5, 5.41) is 4.56. The van der Waals surface area contributed by atoms with E-state index < -0.39 is 0 Å². The molecule has 0 aromatic heterocycles. The van der Waals surface area contributed by atoms with Crippen LogP contribution in [-0.2, 0) is 6.54 Å². The largest absolute Gasteiger partial charge is 0.497 e. The quantitative estimate of drug-likeness (QED) is 0.553. The van der Waals surface area contributed by atoms with E-state index in [1.807, 2.05) is 12.1 Å². The van der Waals surface area contributed by atoms with Crippen molar-refractivity contribution in [3.05, 3.63) is 28.2 Å². The summed E-state index contributed by atoms with van der Waals surface area (Å²) in [4.78, 5) is 0. The van der Waals surface area contributed by atoms with Crippen LogP contribution in [0.5, 0.6) is 5.75 Å². The van der Waals surface area contributed by atoms with Gasteiger partial charge in [0.15, 0.2) is 0 Å². The van der Waals surface area contributed by atoms with E-state index in [9.17, 15) is 0 Å². The van der Waals surface area contributed by atoms with E-state index in [0.717, 1.165) is 28.6 Å². The molecule has 4 heteroatoms. The minimum absolute atomic E-state index is 0.881. The van der Waals surface area contributed by atoms with E-state index in [0.29, 0.717) is 0 Å². The lowest BCUT2D eigenvalue weighted by molar-refractivity contribution is 0.414. The molecule has 1 aromatic rings. The average Bonchev–Trinajstić information content (AvgIpc) is 2.35. The van der Waals surface area contributed by atoms with Crippen molar-refractivity contribution in [2.75, 3.05) is 19.0 Å². The number of hydrogen-bond acceptors (Lipinski definition) is 2. The standard InChI is InChI=1S/C13H19Br2NO/c1-17-12-5-6-13(15)11(9-12)10-16-8-4-2-3-7-14/h5-6,9,16H,2-4,7-8,10H2,1H3. The summed E-state index contributed by atoms with van der Waals surface area (Å²) in [7, 11) is 1.70. The SMILES string of the molecule is COc1ccc(Br)c(CNCCCCCBr)c1. The molecule has 0 aliphatic carbocycles. The van der Waals surface area contributed by atoms with Crippen molar-refractivity contribution in [2.24, 2.45) is 0 Å². The van der Waals surface area contributed by atoms with E-state index in [1.165, 1.54) is 24.8 Å². The Hall–Kier alpha value is -0.0600. The third-order valence-electron chi connectivity index (χ3n) is 2.56. The molecule has 96 valence electrons. The molecule has 17 heavy (non-hydrogen) atoms.